The van der Waals surface area contributed by atoms with E-state index in [1.54, 1.807) is 29.5 Å². The first-order chi connectivity index (χ1) is 17.8. The fourth-order valence-corrected chi connectivity index (χ4v) is 7.87. The Morgan fingerprint density at radius 2 is 1.81 bits per heavy atom. The van der Waals surface area contributed by atoms with Crippen molar-refractivity contribution < 1.29 is 18.0 Å². The van der Waals surface area contributed by atoms with Gasteiger partial charge in [0, 0.05) is 35.4 Å². The number of hydrogen-bond donors (Lipinski definition) is 1. The van der Waals surface area contributed by atoms with E-state index in [4.69, 9.17) is 0 Å². The molecule has 0 aliphatic carbocycles. The van der Waals surface area contributed by atoms with Crippen LogP contribution in [0.3, 0.4) is 0 Å². The van der Waals surface area contributed by atoms with Gasteiger partial charge >= 0.3 is 0 Å². The van der Waals surface area contributed by atoms with Gasteiger partial charge in [0.2, 0.25) is 21.8 Å². The minimum absolute atomic E-state index is 0.0147. The summed E-state index contributed by atoms with van der Waals surface area (Å²) >= 11 is 1.61. The zero-order chi connectivity index (χ0) is 26.0. The fraction of sp³-hybridized carbons (Fsp3) is 0.556. The number of sulfonamides is 1. The van der Waals surface area contributed by atoms with E-state index in [1.807, 2.05) is 30.0 Å². The maximum absolute atomic E-state index is 13.3. The molecule has 10 heteroatoms. The van der Waals surface area contributed by atoms with E-state index in [1.165, 1.54) is 17.7 Å². The molecule has 200 valence electrons. The van der Waals surface area contributed by atoms with Gasteiger partial charge in [-0.3, -0.25) is 9.59 Å². The molecule has 3 saturated heterocycles. The van der Waals surface area contributed by atoms with Crippen LogP contribution in [0.15, 0.2) is 41.3 Å². The summed E-state index contributed by atoms with van der Waals surface area (Å²) in [5, 5.41) is 0. The Labute approximate surface area is 223 Å². The lowest BCUT2D eigenvalue weighted by Crippen LogP contribution is -2.55. The Hall–Kier alpha value is -2.27. The van der Waals surface area contributed by atoms with Crippen molar-refractivity contribution in [1.29, 1.82) is 0 Å². The van der Waals surface area contributed by atoms with Crippen molar-refractivity contribution >= 4 is 33.2 Å². The molecule has 3 aliphatic rings. The average molecular weight is 545 g/mol. The number of rotatable bonds is 8. The predicted molar refractivity (Wildman–Crippen MR) is 145 cm³/mol. The van der Waals surface area contributed by atoms with Crippen LogP contribution in [-0.2, 0) is 19.6 Å². The second kappa shape index (κ2) is 11.2. The van der Waals surface area contributed by atoms with E-state index in [2.05, 4.69) is 9.62 Å². The molecule has 0 unspecified atom stereocenters. The van der Waals surface area contributed by atoms with E-state index in [-0.39, 0.29) is 29.3 Å². The lowest BCUT2D eigenvalue weighted by molar-refractivity contribution is -0.143. The molecule has 1 aromatic carbocycles. The minimum atomic E-state index is -3.90. The number of nitrogens with one attached hydrogen (secondary N) is 1. The third-order valence-electron chi connectivity index (χ3n) is 7.69. The number of thiophene rings is 1. The summed E-state index contributed by atoms with van der Waals surface area (Å²) in [6.07, 6.45) is 5.51. The van der Waals surface area contributed by atoms with Crippen LogP contribution in [0.25, 0.3) is 10.4 Å². The molecule has 5 rings (SSSR count). The van der Waals surface area contributed by atoms with Gasteiger partial charge in [-0.1, -0.05) is 12.1 Å². The van der Waals surface area contributed by atoms with Crippen LogP contribution in [0.5, 0.6) is 0 Å². The van der Waals surface area contributed by atoms with E-state index in [0.717, 1.165) is 54.3 Å². The van der Waals surface area contributed by atoms with Crippen LogP contribution < -0.4 is 4.72 Å². The van der Waals surface area contributed by atoms with Gasteiger partial charge in [0.15, 0.2) is 0 Å². The number of amides is 2. The molecule has 3 aliphatic heterocycles. The molecular weight excluding hydrogens is 508 g/mol. The monoisotopic (exact) mass is 544 g/mol. The van der Waals surface area contributed by atoms with Crippen LogP contribution in [0.1, 0.15) is 43.4 Å². The summed E-state index contributed by atoms with van der Waals surface area (Å²) in [5.41, 5.74) is 0.831. The van der Waals surface area contributed by atoms with E-state index in [0.29, 0.717) is 19.4 Å². The largest absolute Gasteiger partial charge is 0.337 e. The van der Waals surface area contributed by atoms with E-state index >= 15 is 0 Å². The summed E-state index contributed by atoms with van der Waals surface area (Å²) in [7, 11) is -3.90. The van der Waals surface area contributed by atoms with Crippen LogP contribution in [0.2, 0.25) is 0 Å². The molecule has 1 aromatic heterocycles. The minimum Gasteiger partial charge on any atom is -0.337 e. The number of nitrogens with zero attached hydrogens (tertiary/aromatic N) is 3. The lowest BCUT2D eigenvalue weighted by Gasteiger charge is -2.34. The highest BCUT2D eigenvalue weighted by atomic mass is 32.2. The maximum atomic E-state index is 13.3. The standard InChI is InChI=1S/C27H36N4O4S2/c1-20-11-12-25(36-20)21-7-4-9-23(17-21)37(34,35)28-24-10-6-15-30(27(24)33)19-26(32)31-16-5-8-22(31)18-29-13-2-3-14-29/h4,7,9,11-12,17,22,24,28H,2-3,5-6,8,10,13-16,18-19H2,1H3/t22-,24-/m0/s1. The molecule has 2 atom stereocenters. The van der Waals surface area contributed by atoms with Crippen LogP contribution in [0, 0.1) is 6.92 Å². The molecular formula is C27H36N4O4S2. The number of benzene rings is 1. The molecule has 8 nitrogen and oxygen atoms in total. The smallest absolute Gasteiger partial charge is 0.242 e. The summed E-state index contributed by atoms with van der Waals surface area (Å²) in [5.74, 6) is -0.346. The van der Waals surface area contributed by atoms with Gasteiger partial charge in [0.1, 0.15) is 6.04 Å². The van der Waals surface area contributed by atoms with E-state index < -0.39 is 16.1 Å². The zero-order valence-corrected chi connectivity index (χ0v) is 23.0. The Bertz CT molecular complexity index is 1240. The summed E-state index contributed by atoms with van der Waals surface area (Å²) in [4.78, 5) is 34.7. The van der Waals surface area contributed by atoms with Crippen LogP contribution >= 0.6 is 11.3 Å². The highest BCUT2D eigenvalue weighted by molar-refractivity contribution is 7.89. The first-order valence-corrected chi connectivity index (χ1v) is 15.6. The highest BCUT2D eigenvalue weighted by Crippen LogP contribution is 2.29. The van der Waals surface area contributed by atoms with E-state index in [9.17, 15) is 18.0 Å². The van der Waals surface area contributed by atoms with Gasteiger partial charge in [0.05, 0.1) is 11.4 Å². The van der Waals surface area contributed by atoms with Crippen LogP contribution in [0.4, 0.5) is 0 Å². The predicted octanol–water partition coefficient (Wildman–Crippen LogP) is 3.08. The second-order valence-corrected chi connectivity index (χ2v) is 13.4. The number of carbonyl (C=O) groups is 2. The Morgan fingerprint density at radius 1 is 1.03 bits per heavy atom. The summed E-state index contributed by atoms with van der Waals surface area (Å²) in [6.45, 7) is 6.34. The summed E-state index contributed by atoms with van der Waals surface area (Å²) < 4.78 is 29.1. The van der Waals surface area contributed by atoms with Gasteiger partial charge in [-0.05, 0) is 88.4 Å². The summed E-state index contributed by atoms with van der Waals surface area (Å²) in [6, 6.07) is 10.1. The van der Waals surface area contributed by atoms with Gasteiger partial charge in [-0.15, -0.1) is 11.3 Å². The first-order valence-electron chi connectivity index (χ1n) is 13.3. The average Bonchev–Trinajstić information content (AvgIpc) is 3.65. The quantitative estimate of drug-likeness (QED) is 0.552. The molecule has 0 bridgehead atoms. The number of hydrogen-bond acceptors (Lipinski definition) is 6. The lowest BCUT2D eigenvalue weighted by atomic mass is 10.1. The van der Waals surface area contributed by atoms with Gasteiger partial charge in [-0.25, -0.2) is 8.42 Å². The third kappa shape index (κ3) is 6.08. The van der Waals surface area contributed by atoms with Crippen molar-refractivity contribution in [1.82, 2.24) is 19.4 Å². The molecule has 0 spiro atoms. The molecule has 3 fully saturated rings. The number of piperidine rings is 1. The molecule has 0 saturated carbocycles. The van der Waals surface area contributed by atoms with Gasteiger partial charge in [-0.2, -0.15) is 4.72 Å². The van der Waals surface area contributed by atoms with Crippen molar-refractivity contribution in [3.63, 3.8) is 0 Å². The second-order valence-electron chi connectivity index (χ2n) is 10.4. The SMILES string of the molecule is Cc1ccc(-c2cccc(S(=O)(=O)N[C@H]3CCCN(CC(=O)N4CCC[C@H]4CN4CCCC4)C3=O)c2)s1. The Balaban J connectivity index is 1.22. The fourth-order valence-electron chi connectivity index (χ4n) is 5.74. The molecule has 2 aromatic rings. The highest BCUT2D eigenvalue weighted by Gasteiger charge is 2.36. The third-order valence-corrected chi connectivity index (χ3v) is 10.2. The Kier molecular flexibility index (Phi) is 7.99. The number of aryl methyl sites for hydroxylation is 1. The normalized spacial score (nSPS) is 23.2. The van der Waals surface area contributed by atoms with Gasteiger partial charge in [0.25, 0.3) is 0 Å². The number of likely N-dealkylation sites (tertiary alicyclic amines) is 3. The van der Waals surface area contributed by atoms with Gasteiger partial charge < -0.3 is 14.7 Å². The van der Waals surface area contributed by atoms with Crippen LogP contribution in [-0.4, -0.2) is 86.3 Å². The topological polar surface area (TPSA) is 90.0 Å². The molecule has 1 N–H and O–H groups in total. The zero-order valence-electron chi connectivity index (χ0n) is 21.4. The molecule has 2 amide bonds. The van der Waals surface area contributed by atoms with Crippen molar-refractivity contribution in [3.05, 3.63) is 41.3 Å². The van der Waals surface area contributed by atoms with Crippen molar-refractivity contribution in [3.8, 4) is 10.4 Å². The first kappa shape index (κ1) is 26.3. The maximum Gasteiger partial charge on any atom is 0.242 e. The van der Waals surface area contributed by atoms with Crippen molar-refractivity contribution in [2.45, 2.75) is 62.4 Å². The Morgan fingerprint density at radius 3 is 2.57 bits per heavy atom. The van der Waals surface area contributed by atoms with Crippen molar-refractivity contribution in [2.24, 2.45) is 0 Å². The number of carbonyl (C=O) groups excluding carboxylic acids is 2. The molecule has 0 radical (unpaired) electrons. The van der Waals surface area contributed by atoms with Crippen molar-refractivity contribution in [2.75, 3.05) is 39.3 Å². The molecule has 37 heavy (non-hydrogen) atoms. The molecule has 4 heterocycles.